The van der Waals surface area contributed by atoms with E-state index in [2.05, 4.69) is 15.3 Å². The molecule has 0 atom stereocenters. The summed E-state index contributed by atoms with van der Waals surface area (Å²) in [6.45, 7) is 0. The molecule has 2 heterocycles. The number of carbonyl (C=O) groups is 1. The summed E-state index contributed by atoms with van der Waals surface area (Å²) >= 11 is 8.74. The molecule has 4 rings (SSSR count). The lowest BCUT2D eigenvalue weighted by atomic mass is 10.2. The Morgan fingerprint density at radius 1 is 1.20 bits per heavy atom. The summed E-state index contributed by atoms with van der Waals surface area (Å²) in [4.78, 5) is 20.9. The lowest BCUT2D eigenvalue weighted by Crippen LogP contribution is -2.11. The number of nitrogens with one attached hydrogen (secondary N) is 1. The van der Waals surface area contributed by atoms with E-state index in [9.17, 15) is 4.79 Å². The minimum atomic E-state index is -0.255. The van der Waals surface area contributed by atoms with E-state index < -0.39 is 0 Å². The van der Waals surface area contributed by atoms with Crippen LogP contribution in [0.2, 0.25) is 5.02 Å². The molecular formula is C17H10ClN3O2S2. The molecule has 0 unspecified atom stereocenters. The van der Waals surface area contributed by atoms with Gasteiger partial charge >= 0.3 is 0 Å². The number of halogens is 1. The van der Waals surface area contributed by atoms with Gasteiger partial charge in [0, 0.05) is 22.2 Å². The summed E-state index contributed by atoms with van der Waals surface area (Å²) in [5.74, 6) is 0.299. The number of aromatic nitrogens is 2. The van der Waals surface area contributed by atoms with Crippen LogP contribution in [0.3, 0.4) is 0 Å². The summed E-state index contributed by atoms with van der Waals surface area (Å²) in [6, 6.07) is 12.3. The quantitative estimate of drug-likeness (QED) is 0.505. The third-order valence-corrected chi connectivity index (χ3v) is 5.10. The number of anilines is 1. The van der Waals surface area contributed by atoms with Crippen LogP contribution in [0.4, 0.5) is 5.13 Å². The van der Waals surface area contributed by atoms with Gasteiger partial charge in [0.25, 0.3) is 11.1 Å². The first-order valence-corrected chi connectivity index (χ1v) is 9.30. The minimum Gasteiger partial charge on any atom is -0.431 e. The average Bonchev–Trinajstić information content (AvgIpc) is 3.24. The summed E-state index contributed by atoms with van der Waals surface area (Å²) < 4.78 is 6.54. The van der Waals surface area contributed by atoms with E-state index in [1.54, 1.807) is 36.5 Å². The predicted octanol–water partition coefficient (Wildman–Crippen LogP) is 5.45. The molecule has 0 aliphatic rings. The Morgan fingerprint density at radius 3 is 2.96 bits per heavy atom. The van der Waals surface area contributed by atoms with E-state index in [1.807, 2.05) is 17.5 Å². The fourth-order valence-corrected chi connectivity index (χ4v) is 3.82. The van der Waals surface area contributed by atoms with Gasteiger partial charge in [0.1, 0.15) is 5.75 Å². The number of carbonyl (C=O) groups excluding carboxylic acids is 1. The Hall–Kier alpha value is -2.48. The van der Waals surface area contributed by atoms with E-state index >= 15 is 0 Å². The Labute approximate surface area is 155 Å². The standard InChI is InChI=1S/C17H10ClN3O2S2/c18-11-4-5-13-14(9-11)25-16(20-13)21-15(22)10-2-1-3-12(8-10)23-17-19-6-7-24-17/h1-9H,(H,20,21,22). The maximum Gasteiger partial charge on any atom is 0.278 e. The van der Waals surface area contributed by atoms with Crippen LogP contribution >= 0.6 is 34.3 Å². The molecule has 124 valence electrons. The number of amides is 1. The smallest absolute Gasteiger partial charge is 0.278 e. The Bertz CT molecular complexity index is 1050. The van der Waals surface area contributed by atoms with E-state index in [-0.39, 0.29) is 5.91 Å². The molecule has 2 aromatic carbocycles. The van der Waals surface area contributed by atoms with Crippen LogP contribution in [0.15, 0.2) is 54.0 Å². The lowest BCUT2D eigenvalue weighted by Gasteiger charge is -2.05. The van der Waals surface area contributed by atoms with Crippen molar-refractivity contribution in [2.45, 2.75) is 0 Å². The first-order chi connectivity index (χ1) is 12.2. The molecule has 0 spiro atoms. The molecule has 0 radical (unpaired) electrons. The summed E-state index contributed by atoms with van der Waals surface area (Å²) in [7, 11) is 0. The molecule has 0 saturated heterocycles. The number of hydrogen-bond acceptors (Lipinski definition) is 6. The molecule has 8 heteroatoms. The highest BCUT2D eigenvalue weighted by Gasteiger charge is 2.11. The number of nitrogens with zero attached hydrogens (tertiary/aromatic N) is 2. The molecule has 0 bridgehead atoms. The van der Waals surface area contributed by atoms with Crippen molar-refractivity contribution >= 4 is 55.5 Å². The first kappa shape index (κ1) is 16.0. The van der Waals surface area contributed by atoms with Crippen LogP contribution in [0.5, 0.6) is 10.9 Å². The highest BCUT2D eigenvalue weighted by Crippen LogP contribution is 2.29. The maximum atomic E-state index is 12.5. The second-order valence-electron chi connectivity index (χ2n) is 5.01. The second kappa shape index (κ2) is 6.79. The zero-order chi connectivity index (χ0) is 17.2. The van der Waals surface area contributed by atoms with Crippen LogP contribution in [-0.2, 0) is 0 Å². The van der Waals surface area contributed by atoms with Gasteiger partial charge in [-0.2, -0.15) is 0 Å². The van der Waals surface area contributed by atoms with Crippen molar-refractivity contribution in [3.8, 4) is 10.9 Å². The normalized spacial score (nSPS) is 10.8. The van der Waals surface area contributed by atoms with Gasteiger partial charge in [0.2, 0.25) is 0 Å². The van der Waals surface area contributed by atoms with Gasteiger partial charge in [-0.3, -0.25) is 10.1 Å². The van der Waals surface area contributed by atoms with Crippen LogP contribution in [0.1, 0.15) is 10.4 Å². The van der Waals surface area contributed by atoms with Gasteiger partial charge in [-0.05, 0) is 36.4 Å². The van der Waals surface area contributed by atoms with Crippen LogP contribution in [-0.4, -0.2) is 15.9 Å². The van der Waals surface area contributed by atoms with E-state index in [1.165, 1.54) is 22.7 Å². The highest BCUT2D eigenvalue weighted by atomic mass is 35.5. The van der Waals surface area contributed by atoms with E-state index in [4.69, 9.17) is 16.3 Å². The Kier molecular flexibility index (Phi) is 4.35. The van der Waals surface area contributed by atoms with E-state index in [0.29, 0.717) is 26.7 Å². The third kappa shape index (κ3) is 3.63. The lowest BCUT2D eigenvalue weighted by molar-refractivity contribution is 0.102. The van der Waals surface area contributed by atoms with Crippen LogP contribution in [0.25, 0.3) is 10.2 Å². The molecule has 4 aromatic rings. The number of fused-ring (bicyclic) bond motifs is 1. The molecule has 0 aliphatic carbocycles. The van der Waals surface area contributed by atoms with Crippen molar-refractivity contribution in [3.63, 3.8) is 0 Å². The second-order valence-corrected chi connectivity index (χ2v) is 7.34. The molecule has 25 heavy (non-hydrogen) atoms. The molecule has 0 saturated carbocycles. The topological polar surface area (TPSA) is 64.1 Å². The largest absolute Gasteiger partial charge is 0.431 e. The number of thiazole rings is 2. The van der Waals surface area contributed by atoms with Gasteiger partial charge in [-0.1, -0.05) is 40.3 Å². The number of benzene rings is 2. The molecule has 0 aliphatic heterocycles. The molecule has 1 amide bonds. The van der Waals surface area contributed by atoms with Gasteiger partial charge in [-0.15, -0.1) is 0 Å². The van der Waals surface area contributed by atoms with Gasteiger partial charge in [0.15, 0.2) is 5.13 Å². The molecule has 2 aromatic heterocycles. The molecule has 0 fully saturated rings. The number of hydrogen-bond donors (Lipinski definition) is 1. The number of rotatable bonds is 4. The van der Waals surface area contributed by atoms with Crippen molar-refractivity contribution < 1.29 is 9.53 Å². The third-order valence-electron chi connectivity index (χ3n) is 3.28. The van der Waals surface area contributed by atoms with Gasteiger partial charge < -0.3 is 4.74 Å². The minimum absolute atomic E-state index is 0.255. The van der Waals surface area contributed by atoms with Gasteiger partial charge in [0.05, 0.1) is 10.2 Å². The van der Waals surface area contributed by atoms with Crippen molar-refractivity contribution in [2.24, 2.45) is 0 Å². The van der Waals surface area contributed by atoms with Gasteiger partial charge in [-0.25, -0.2) is 9.97 Å². The van der Waals surface area contributed by atoms with E-state index in [0.717, 1.165) is 10.2 Å². The van der Waals surface area contributed by atoms with Crippen molar-refractivity contribution in [1.82, 2.24) is 9.97 Å². The monoisotopic (exact) mass is 387 g/mol. The fraction of sp³-hybridized carbons (Fsp3) is 0. The number of ether oxygens (including phenoxy) is 1. The first-order valence-electron chi connectivity index (χ1n) is 7.22. The molecular weight excluding hydrogens is 378 g/mol. The van der Waals surface area contributed by atoms with Crippen LogP contribution < -0.4 is 10.1 Å². The summed E-state index contributed by atoms with van der Waals surface area (Å²) in [6.07, 6.45) is 1.66. The van der Waals surface area contributed by atoms with Crippen LogP contribution in [0, 0.1) is 0 Å². The molecule has 5 nitrogen and oxygen atoms in total. The zero-order valence-electron chi connectivity index (χ0n) is 12.6. The average molecular weight is 388 g/mol. The Balaban J connectivity index is 1.53. The predicted molar refractivity (Wildman–Crippen MR) is 101 cm³/mol. The Morgan fingerprint density at radius 2 is 2.12 bits per heavy atom. The SMILES string of the molecule is O=C(Nc1nc2ccc(Cl)cc2s1)c1cccc(Oc2nccs2)c1. The molecule has 1 N–H and O–H groups in total. The van der Waals surface area contributed by atoms with Crippen molar-refractivity contribution in [2.75, 3.05) is 5.32 Å². The summed E-state index contributed by atoms with van der Waals surface area (Å²) in [5, 5.41) is 6.32. The van der Waals surface area contributed by atoms with Crippen molar-refractivity contribution in [1.29, 1.82) is 0 Å². The summed E-state index contributed by atoms with van der Waals surface area (Å²) in [5.41, 5.74) is 1.27. The van der Waals surface area contributed by atoms with Crippen molar-refractivity contribution in [3.05, 3.63) is 64.6 Å². The zero-order valence-corrected chi connectivity index (χ0v) is 15.0. The fourth-order valence-electron chi connectivity index (χ4n) is 2.18. The maximum absolute atomic E-state index is 12.5. The highest BCUT2D eigenvalue weighted by molar-refractivity contribution is 7.22.